The Morgan fingerprint density at radius 2 is 1.88 bits per heavy atom. The molecule has 2 rings (SSSR count). The Balaban J connectivity index is 2.20. The van der Waals surface area contributed by atoms with Gasteiger partial charge in [-0.15, -0.1) is 0 Å². The van der Waals surface area contributed by atoms with Crippen LogP contribution in [0.25, 0.3) is 6.08 Å². The number of nitriles is 1. The molecule has 7 heteroatoms. The van der Waals surface area contributed by atoms with Gasteiger partial charge in [0.2, 0.25) is 0 Å². The number of hydrogen-bond donors (Lipinski definition) is 3. The van der Waals surface area contributed by atoms with Gasteiger partial charge in [0.15, 0.2) is 11.5 Å². The number of carboxylic acid groups (broad SMARTS) is 1. The topological polar surface area (TPSA) is 120 Å². The van der Waals surface area contributed by atoms with E-state index in [1.165, 1.54) is 55.7 Å². The number of anilines is 1. The molecule has 0 fully saturated rings. The van der Waals surface area contributed by atoms with Crippen molar-refractivity contribution in [2.45, 2.75) is 0 Å². The average Bonchev–Trinajstić information content (AvgIpc) is 2.61. The van der Waals surface area contributed by atoms with Crippen LogP contribution in [0.3, 0.4) is 0 Å². The molecular formula is C18H14N2O5. The van der Waals surface area contributed by atoms with Gasteiger partial charge in [-0.3, -0.25) is 4.79 Å². The van der Waals surface area contributed by atoms with E-state index in [-0.39, 0.29) is 22.6 Å². The Hall–Kier alpha value is -3.79. The van der Waals surface area contributed by atoms with Crippen molar-refractivity contribution in [3.8, 4) is 17.6 Å². The van der Waals surface area contributed by atoms with Crippen molar-refractivity contribution in [3.63, 3.8) is 0 Å². The Morgan fingerprint density at radius 1 is 1.20 bits per heavy atom. The number of aromatic carboxylic acids is 1. The lowest BCUT2D eigenvalue weighted by molar-refractivity contribution is -0.112. The van der Waals surface area contributed by atoms with E-state index in [4.69, 9.17) is 9.84 Å². The lowest BCUT2D eigenvalue weighted by atomic mass is 10.1. The van der Waals surface area contributed by atoms with Crippen molar-refractivity contribution in [1.82, 2.24) is 0 Å². The summed E-state index contributed by atoms with van der Waals surface area (Å²) < 4.78 is 4.98. The summed E-state index contributed by atoms with van der Waals surface area (Å²) in [6, 6.07) is 11.8. The second-order valence-electron chi connectivity index (χ2n) is 4.94. The predicted molar refractivity (Wildman–Crippen MR) is 90.3 cm³/mol. The summed E-state index contributed by atoms with van der Waals surface area (Å²) >= 11 is 0. The summed E-state index contributed by atoms with van der Waals surface area (Å²) in [7, 11) is 1.39. The van der Waals surface area contributed by atoms with Crippen molar-refractivity contribution in [3.05, 3.63) is 59.2 Å². The highest BCUT2D eigenvalue weighted by atomic mass is 16.5. The van der Waals surface area contributed by atoms with Gasteiger partial charge in [-0.25, -0.2) is 4.79 Å². The van der Waals surface area contributed by atoms with Gasteiger partial charge in [-0.1, -0.05) is 6.07 Å². The van der Waals surface area contributed by atoms with Gasteiger partial charge in [-0.2, -0.15) is 5.26 Å². The molecule has 25 heavy (non-hydrogen) atoms. The number of phenols is 1. The van der Waals surface area contributed by atoms with Crippen LogP contribution in [-0.4, -0.2) is 29.2 Å². The van der Waals surface area contributed by atoms with Crippen molar-refractivity contribution in [2.75, 3.05) is 12.4 Å². The second-order valence-corrected chi connectivity index (χ2v) is 4.94. The molecule has 0 atom stereocenters. The molecule has 3 N–H and O–H groups in total. The predicted octanol–water partition coefficient (Wildman–Crippen LogP) is 2.64. The number of carbonyl (C=O) groups is 2. The molecule has 0 saturated heterocycles. The summed E-state index contributed by atoms with van der Waals surface area (Å²) in [5, 5.41) is 30.1. The first-order valence-corrected chi connectivity index (χ1v) is 7.08. The van der Waals surface area contributed by atoms with Gasteiger partial charge < -0.3 is 20.3 Å². The molecule has 126 valence electrons. The van der Waals surface area contributed by atoms with Crippen LogP contribution in [0.15, 0.2) is 48.0 Å². The van der Waals surface area contributed by atoms with E-state index in [0.717, 1.165) is 0 Å². The Morgan fingerprint density at radius 3 is 2.44 bits per heavy atom. The van der Waals surface area contributed by atoms with Crippen molar-refractivity contribution < 1.29 is 24.5 Å². The normalized spacial score (nSPS) is 10.6. The van der Waals surface area contributed by atoms with Gasteiger partial charge >= 0.3 is 5.97 Å². The largest absolute Gasteiger partial charge is 0.504 e. The SMILES string of the molecule is COc1cc(/C=C(\C#N)C(=O)Nc2ccc(C(=O)O)cc2)ccc1O. The quantitative estimate of drug-likeness (QED) is 0.569. The standard InChI is InChI=1S/C18H14N2O5/c1-25-16-9-11(2-7-15(16)21)8-13(10-19)17(22)20-14-5-3-12(4-6-14)18(23)24/h2-9,21H,1H3,(H,20,22)(H,23,24)/b13-8+. The molecule has 0 aromatic heterocycles. The maximum absolute atomic E-state index is 12.2. The number of hydrogen-bond acceptors (Lipinski definition) is 5. The number of benzene rings is 2. The third-order valence-electron chi connectivity index (χ3n) is 3.27. The van der Waals surface area contributed by atoms with Crippen LogP contribution in [0.1, 0.15) is 15.9 Å². The monoisotopic (exact) mass is 338 g/mol. The maximum atomic E-state index is 12.2. The third kappa shape index (κ3) is 4.36. The number of amides is 1. The van der Waals surface area contributed by atoms with Gasteiger partial charge in [0, 0.05) is 5.69 Å². The fourth-order valence-corrected chi connectivity index (χ4v) is 1.99. The van der Waals surface area contributed by atoms with E-state index >= 15 is 0 Å². The van der Waals surface area contributed by atoms with Crippen molar-refractivity contribution >= 4 is 23.6 Å². The smallest absolute Gasteiger partial charge is 0.335 e. The summed E-state index contributed by atoms with van der Waals surface area (Å²) in [6.45, 7) is 0. The zero-order chi connectivity index (χ0) is 18.4. The molecule has 0 saturated carbocycles. The minimum absolute atomic E-state index is 0.0545. The molecular weight excluding hydrogens is 324 g/mol. The number of phenolic OH excluding ortho intramolecular Hbond substituents is 1. The van der Waals surface area contributed by atoms with Crippen LogP contribution in [0.4, 0.5) is 5.69 Å². The van der Waals surface area contributed by atoms with E-state index in [1.54, 1.807) is 6.07 Å². The molecule has 2 aromatic carbocycles. The average molecular weight is 338 g/mol. The van der Waals surface area contributed by atoms with Crippen LogP contribution in [0.5, 0.6) is 11.5 Å². The van der Waals surface area contributed by atoms with Crippen LogP contribution in [-0.2, 0) is 4.79 Å². The number of carbonyl (C=O) groups excluding carboxylic acids is 1. The second kappa shape index (κ2) is 7.66. The Labute approximate surface area is 143 Å². The molecule has 2 aromatic rings. The highest BCUT2D eigenvalue weighted by molar-refractivity contribution is 6.09. The van der Waals surface area contributed by atoms with Crippen LogP contribution in [0, 0.1) is 11.3 Å². The lowest BCUT2D eigenvalue weighted by Crippen LogP contribution is -2.13. The fraction of sp³-hybridized carbons (Fsp3) is 0.0556. The number of carboxylic acids is 1. The summed E-state index contributed by atoms with van der Waals surface area (Å²) in [5.41, 5.74) is 0.794. The molecule has 0 aliphatic heterocycles. The minimum Gasteiger partial charge on any atom is -0.504 e. The fourth-order valence-electron chi connectivity index (χ4n) is 1.99. The summed E-state index contributed by atoms with van der Waals surface area (Å²) in [4.78, 5) is 23.0. The number of rotatable bonds is 5. The van der Waals surface area contributed by atoms with Crippen molar-refractivity contribution in [1.29, 1.82) is 5.26 Å². The summed E-state index contributed by atoms with van der Waals surface area (Å²) in [6.07, 6.45) is 1.35. The Bertz CT molecular complexity index is 879. The Kier molecular flexibility index (Phi) is 5.38. The van der Waals surface area contributed by atoms with E-state index < -0.39 is 11.9 Å². The van der Waals surface area contributed by atoms with Crippen LogP contribution >= 0.6 is 0 Å². The van der Waals surface area contributed by atoms with E-state index in [0.29, 0.717) is 11.3 Å². The summed E-state index contributed by atoms with van der Waals surface area (Å²) in [5.74, 6) is -1.55. The molecule has 0 heterocycles. The van der Waals surface area contributed by atoms with Gasteiger partial charge in [-0.05, 0) is 48.0 Å². The van der Waals surface area contributed by atoms with E-state index in [1.807, 2.05) is 0 Å². The lowest BCUT2D eigenvalue weighted by Gasteiger charge is -2.06. The number of methoxy groups -OCH3 is 1. The first-order valence-electron chi connectivity index (χ1n) is 7.08. The van der Waals surface area contributed by atoms with E-state index in [2.05, 4.69) is 5.32 Å². The van der Waals surface area contributed by atoms with Gasteiger partial charge in [0.05, 0.1) is 12.7 Å². The molecule has 0 aliphatic carbocycles. The molecule has 0 aliphatic rings. The van der Waals surface area contributed by atoms with Crippen molar-refractivity contribution in [2.24, 2.45) is 0 Å². The van der Waals surface area contributed by atoms with Crippen LogP contribution < -0.4 is 10.1 Å². The first-order chi connectivity index (χ1) is 11.9. The maximum Gasteiger partial charge on any atom is 0.335 e. The third-order valence-corrected chi connectivity index (χ3v) is 3.27. The number of nitrogens with one attached hydrogen (secondary N) is 1. The van der Waals surface area contributed by atoms with Gasteiger partial charge in [0.25, 0.3) is 5.91 Å². The molecule has 0 radical (unpaired) electrons. The van der Waals surface area contributed by atoms with E-state index in [9.17, 15) is 20.0 Å². The highest BCUT2D eigenvalue weighted by Crippen LogP contribution is 2.27. The zero-order valence-corrected chi connectivity index (χ0v) is 13.2. The molecule has 0 bridgehead atoms. The first kappa shape index (κ1) is 17.6. The van der Waals surface area contributed by atoms with Gasteiger partial charge in [0.1, 0.15) is 11.6 Å². The molecule has 0 spiro atoms. The van der Waals surface area contributed by atoms with Crippen LogP contribution in [0.2, 0.25) is 0 Å². The molecule has 7 nitrogen and oxygen atoms in total. The minimum atomic E-state index is -1.07. The number of nitrogens with zero attached hydrogens (tertiary/aromatic N) is 1. The number of aromatic hydroxyl groups is 1. The zero-order valence-electron chi connectivity index (χ0n) is 13.2. The molecule has 0 unspecified atom stereocenters. The molecule has 1 amide bonds. The number of ether oxygens (including phenoxy) is 1. The highest BCUT2D eigenvalue weighted by Gasteiger charge is 2.11.